The number of allylic oxidation sites excluding steroid dienone is 2. The van der Waals surface area contributed by atoms with Gasteiger partial charge in [0, 0.05) is 29.9 Å². The first-order chi connectivity index (χ1) is 12.9. The van der Waals surface area contributed by atoms with E-state index < -0.39 is 5.76 Å². The third kappa shape index (κ3) is 2.81. The summed E-state index contributed by atoms with van der Waals surface area (Å²) in [5.74, 6) is -0.547. The molecule has 1 aliphatic heterocycles. The Morgan fingerprint density at radius 1 is 1.22 bits per heavy atom. The summed E-state index contributed by atoms with van der Waals surface area (Å²) in [7, 11) is 1.93. The molecule has 3 aromatic rings. The van der Waals surface area contributed by atoms with Crippen LogP contribution in [0.4, 0.5) is 5.69 Å². The van der Waals surface area contributed by atoms with E-state index in [1.807, 2.05) is 30.1 Å². The van der Waals surface area contributed by atoms with Crippen LogP contribution in [0.25, 0.3) is 11.7 Å². The second-order valence-electron chi connectivity index (χ2n) is 7.01. The number of rotatable bonds is 4. The SMILES string of the molecule is CN1/C(=C\C(=O)Cn2nc(-c3ccco3)oc2=O)C(C)(C)c2ccccc21. The fraction of sp³-hybridized carbons (Fsp3) is 0.250. The van der Waals surface area contributed by atoms with Crippen LogP contribution in [0.1, 0.15) is 19.4 Å². The summed E-state index contributed by atoms with van der Waals surface area (Å²) in [6.07, 6.45) is 3.04. The van der Waals surface area contributed by atoms with Gasteiger partial charge in [-0.25, -0.2) is 4.79 Å². The molecule has 3 heterocycles. The van der Waals surface area contributed by atoms with Crippen LogP contribution >= 0.6 is 0 Å². The quantitative estimate of drug-likeness (QED) is 0.661. The molecule has 0 amide bonds. The lowest BCUT2D eigenvalue weighted by Crippen LogP contribution is -2.26. The molecule has 0 saturated carbocycles. The molecule has 0 spiro atoms. The summed E-state index contributed by atoms with van der Waals surface area (Å²) in [5, 5.41) is 4.04. The van der Waals surface area contributed by atoms with Crippen LogP contribution in [0.15, 0.2) is 68.1 Å². The third-order valence-electron chi connectivity index (χ3n) is 4.88. The molecule has 1 aromatic carbocycles. The maximum absolute atomic E-state index is 12.6. The van der Waals surface area contributed by atoms with Crippen molar-refractivity contribution in [3.8, 4) is 11.7 Å². The highest BCUT2D eigenvalue weighted by Gasteiger charge is 2.38. The number of furan rings is 1. The molecule has 0 unspecified atom stereocenters. The molecule has 0 N–H and O–H groups in total. The molecule has 27 heavy (non-hydrogen) atoms. The molecule has 0 fully saturated rings. The van der Waals surface area contributed by atoms with E-state index in [9.17, 15) is 9.59 Å². The number of hydrogen-bond donors (Lipinski definition) is 0. The second-order valence-corrected chi connectivity index (χ2v) is 7.01. The van der Waals surface area contributed by atoms with Crippen LogP contribution in [0.3, 0.4) is 0 Å². The number of carbonyl (C=O) groups is 1. The molecule has 0 aliphatic carbocycles. The number of para-hydroxylation sites is 1. The molecule has 138 valence electrons. The first kappa shape index (κ1) is 17.1. The van der Waals surface area contributed by atoms with Gasteiger partial charge in [-0.2, -0.15) is 4.68 Å². The molecule has 0 bridgehead atoms. The van der Waals surface area contributed by atoms with Crippen molar-refractivity contribution in [3.63, 3.8) is 0 Å². The average Bonchev–Trinajstić information content (AvgIpc) is 3.32. The van der Waals surface area contributed by atoms with Gasteiger partial charge < -0.3 is 13.7 Å². The smallest absolute Gasteiger partial charge is 0.437 e. The Labute approximate surface area is 155 Å². The number of nitrogens with zero attached hydrogens (tertiary/aromatic N) is 3. The number of fused-ring (bicyclic) bond motifs is 1. The van der Waals surface area contributed by atoms with Gasteiger partial charge >= 0.3 is 5.76 Å². The maximum atomic E-state index is 12.6. The minimum Gasteiger partial charge on any atom is -0.459 e. The molecule has 2 aromatic heterocycles. The van der Waals surface area contributed by atoms with Gasteiger partial charge in [-0.15, -0.1) is 5.10 Å². The zero-order valence-electron chi connectivity index (χ0n) is 15.3. The van der Waals surface area contributed by atoms with Crippen LogP contribution in [-0.2, 0) is 16.8 Å². The van der Waals surface area contributed by atoms with Crippen molar-refractivity contribution in [3.05, 3.63) is 70.5 Å². The third-order valence-corrected chi connectivity index (χ3v) is 4.88. The number of anilines is 1. The van der Waals surface area contributed by atoms with E-state index in [1.54, 1.807) is 18.2 Å². The summed E-state index contributed by atoms with van der Waals surface area (Å²) in [4.78, 5) is 26.6. The molecule has 7 nitrogen and oxygen atoms in total. The summed E-state index contributed by atoms with van der Waals surface area (Å²) in [6.45, 7) is 3.95. The van der Waals surface area contributed by atoms with Crippen LogP contribution in [-0.4, -0.2) is 22.6 Å². The van der Waals surface area contributed by atoms with Crippen molar-refractivity contribution >= 4 is 11.5 Å². The van der Waals surface area contributed by atoms with E-state index in [0.29, 0.717) is 5.76 Å². The predicted molar refractivity (Wildman–Crippen MR) is 99.4 cm³/mol. The Bertz CT molecular complexity index is 1090. The molecule has 4 rings (SSSR count). The average molecular weight is 365 g/mol. The number of ketones is 1. The van der Waals surface area contributed by atoms with E-state index in [0.717, 1.165) is 21.6 Å². The van der Waals surface area contributed by atoms with Crippen molar-refractivity contribution in [2.75, 3.05) is 11.9 Å². The van der Waals surface area contributed by atoms with E-state index >= 15 is 0 Å². The number of likely N-dealkylation sites (N-methyl/N-ethyl adjacent to an activating group) is 1. The zero-order chi connectivity index (χ0) is 19.2. The molecule has 7 heteroatoms. The number of hydrogen-bond acceptors (Lipinski definition) is 6. The van der Waals surface area contributed by atoms with Gasteiger partial charge in [0.25, 0.3) is 5.89 Å². The molecule has 0 atom stereocenters. The lowest BCUT2D eigenvalue weighted by molar-refractivity contribution is -0.115. The van der Waals surface area contributed by atoms with Gasteiger partial charge in [0.2, 0.25) is 0 Å². The first-order valence-corrected chi connectivity index (χ1v) is 8.58. The Hall–Kier alpha value is -3.35. The maximum Gasteiger partial charge on any atom is 0.437 e. The highest BCUT2D eigenvalue weighted by molar-refractivity contribution is 5.92. The highest BCUT2D eigenvalue weighted by atomic mass is 16.4. The van der Waals surface area contributed by atoms with Gasteiger partial charge in [0.15, 0.2) is 11.5 Å². The lowest BCUT2D eigenvalue weighted by atomic mass is 9.83. The van der Waals surface area contributed by atoms with Gasteiger partial charge in [0.05, 0.1) is 6.26 Å². The number of aromatic nitrogens is 2. The van der Waals surface area contributed by atoms with Crippen molar-refractivity contribution in [1.82, 2.24) is 9.78 Å². The summed E-state index contributed by atoms with van der Waals surface area (Å²) >= 11 is 0. The minimum atomic E-state index is -0.699. The Morgan fingerprint density at radius 2 is 2.00 bits per heavy atom. The predicted octanol–water partition coefficient (Wildman–Crippen LogP) is 2.98. The van der Waals surface area contributed by atoms with Gasteiger partial charge in [-0.3, -0.25) is 4.79 Å². The first-order valence-electron chi connectivity index (χ1n) is 8.58. The summed E-state index contributed by atoms with van der Waals surface area (Å²) < 4.78 is 11.2. The van der Waals surface area contributed by atoms with Crippen LogP contribution in [0.5, 0.6) is 0 Å². The van der Waals surface area contributed by atoms with Gasteiger partial charge in [0.1, 0.15) is 6.54 Å². The van der Waals surface area contributed by atoms with Crippen LogP contribution in [0.2, 0.25) is 0 Å². The standard InChI is InChI=1S/C20H19N3O4/c1-20(2)14-7-4-5-8-15(14)22(3)17(20)11-13(24)12-23-19(25)27-18(21-23)16-9-6-10-26-16/h4-11H,12H2,1-3H3/b17-11-. The molecular weight excluding hydrogens is 346 g/mol. The zero-order valence-corrected chi connectivity index (χ0v) is 15.3. The second kappa shape index (κ2) is 6.12. The van der Waals surface area contributed by atoms with Crippen molar-refractivity contribution < 1.29 is 13.6 Å². The van der Waals surface area contributed by atoms with E-state index in [4.69, 9.17) is 8.83 Å². The topological polar surface area (TPSA) is 81.5 Å². The normalized spacial score (nSPS) is 16.7. The molecule has 1 aliphatic rings. The van der Waals surface area contributed by atoms with Crippen molar-refractivity contribution in [1.29, 1.82) is 0 Å². The monoisotopic (exact) mass is 365 g/mol. The van der Waals surface area contributed by atoms with E-state index in [2.05, 4.69) is 25.0 Å². The minimum absolute atomic E-state index is 0.0520. The summed E-state index contributed by atoms with van der Waals surface area (Å²) in [5.41, 5.74) is 2.79. The van der Waals surface area contributed by atoms with Gasteiger partial charge in [-0.1, -0.05) is 32.0 Å². The summed E-state index contributed by atoms with van der Waals surface area (Å²) in [6, 6.07) is 11.4. The molecule has 0 saturated heterocycles. The number of carbonyl (C=O) groups excluding carboxylic acids is 1. The number of benzene rings is 1. The largest absolute Gasteiger partial charge is 0.459 e. The Balaban J connectivity index is 1.61. The fourth-order valence-corrected chi connectivity index (χ4v) is 3.51. The Kier molecular flexibility index (Phi) is 3.87. The van der Waals surface area contributed by atoms with Crippen molar-refractivity contribution in [2.24, 2.45) is 0 Å². The van der Waals surface area contributed by atoms with Gasteiger partial charge in [-0.05, 0) is 23.8 Å². The van der Waals surface area contributed by atoms with Crippen LogP contribution < -0.4 is 10.7 Å². The molecule has 0 radical (unpaired) electrons. The Morgan fingerprint density at radius 3 is 2.70 bits per heavy atom. The molecular formula is C20H19N3O4. The van der Waals surface area contributed by atoms with E-state index in [-0.39, 0.29) is 23.6 Å². The fourth-order valence-electron chi connectivity index (χ4n) is 3.51. The highest BCUT2D eigenvalue weighted by Crippen LogP contribution is 2.46. The lowest BCUT2D eigenvalue weighted by Gasteiger charge is -2.23. The van der Waals surface area contributed by atoms with Crippen molar-refractivity contribution in [2.45, 2.75) is 25.8 Å². The van der Waals surface area contributed by atoms with E-state index in [1.165, 1.54) is 6.26 Å². The van der Waals surface area contributed by atoms with Crippen LogP contribution in [0, 0.1) is 0 Å².